The number of hydrogen-bond acceptors (Lipinski definition) is 4. The lowest BCUT2D eigenvalue weighted by Gasteiger charge is -2.14. The van der Waals surface area contributed by atoms with Crippen LogP contribution in [0.5, 0.6) is 5.75 Å². The van der Waals surface area contributed by atoms with Crippen LogP contribution in [0.15, 0.2) is 24.3 Å². The molecular weight excluding hydrogens is 365 g/mol. The molecule has 0 radical (unpaired) electrons. The van der Waals surface area contributed by atoms with E-state index in [1.807, 2.05) is 0 Å². The normalized spacial score (nSPS) is 15.1. The molecule has 150 valence electrons. The molecule has 0 aliphatic heterocycles. The van der Waals surface area contributed by atoms with Gasteiger partial charge in [-0.15, -0.1) is 0 Å². The maximum atomic E-state index is 12.5. The van der Waals surface area contributed by atoms with Crippen LogP contribution in [0.4, 0.5) is 13.2 Å². The van der Waals surface area contributed by atoms with Gasteiger partial charge in [-0.05, 0) is 43.5 Å². The molecule has 0 spiro atoms. The summed E-state index contributed by atoms with van der Waals surface area (Å²) in [5, 5.41) is 15.1. The number of alkyl halides is 3. The molecule has 1 atom stereocenters. The zero-order valence-electron chi connectivity index (χ0n) is 14.7. The van der Waals surface area contributed by atoms with Crippen molar-refractivity contribution in [3.8, 4) is 5.75 Å². The average molecular weight is 388 g/mol. The van der Waals surface area contributed by atoms with Gasteiger partial charge in [0, 0.05) is 25.4 Å². The van der Waals surface area contributed by atoms with E-state index in [0.29, 0.717) is 13.0 Å². The predicted octanol–water partition coefficient (Wildman–Crippen LogP) is 1.87. The highest BCUT2D eigenvalue weighted by Gasteiger charge is 2.30. The second-order valence-electron chi connectivity index (χ2n) is 6.46. The Morgan fingerprint density at radius 1 is 1.19 bits per heavy atom. The maximum absolute atomic E-state index is 12.5. The molecule has 6 nitrogen and oxygen atoms in total. The Morgan fingerprint density at radius 2 is 1.85 bits per heavy atom. The molecule has 2 amide bonds. The molecule has 0 saturated heterocycles. The van der Waals surface area contributed by atoms with Crippen molar-refractivity contribution in [3.63, 3.8) is 0 Å². The van der Waals surface area contributed by atoms with Crippen molar-refractivity contribution in [2.75, 3.05) is 19.7 Å². The van der Waals surface area contributed by atoms with E-state index in [0.717, 1.165) is 25.0 Å². The monoisotopic (exact) mass is 388 g/mol. The highest BCUT2D eigenvalue weighted by atomic mass is 19.4. The Kier molecular flexibility index (Phi) is 7.46. The number of aliphatic hydroxyl groups is 1. The highest BCUT2D eigenvalue weighted by molar-refractivity contribution is 5.81. The van der Waals surface area contributed by atoms with Crippen molar-refractivity contribution in [2.24, 2.45) is 5.92 Å². The van der Waals surface area contributed by atoms with Crippen molar-refractivity contribution in [3.05, 3.63) is 29.8 Å². The fourth-order valence-electron chi connectivity index (χ4n) is 2.26. The van der Waals surface area contributed by atoms with Gasteiger partial charge in [0.05, 0.1) is 5.56 Å². The first-order chi connectivity index (χ1) is 12.8. The minimum Gasteiger partial charge on any atom is -0.491 e. The van der Waals surface area contributed by atoms with Crippen LogP contribution in [0.25, 0.3) is 0 Å². The lowest BCUT2D eigenvalue weighted by molar-refractivity contribution is -0.137. The SMILES string of the molecule is O=C(CCCNC(=O)C1CC1)NCC(O)COc1ccc(C(F)(F)F)cc1. The summed E-state index contributed by atoms with van der Waals surface area (Å²) in [6.45, 7) is 0.235. The van der Waals surface area contributed by atoms with E-state index in [2.05, 4.69) is 10.6 Å². The Balaban J connectivity index is 1.56. The summed E-state index contributed by atoms with van der Waals surface area (Å²) >= 11 is 0. The second-order valence-corrected chi connectivity index (χ2v) is 6.46. The Hall–Kier alpha value is -2.29. The van der Waals surface area contributed by atoms with Gasteiger partial charge >= 0.3 is 6.18 Å². The molecule has 1 unspecified atom stereocenters. The third kappa shape index (κ3) is 7.86. The van der Waals surface area contributed by atoms with Crippen LogP contribution in [-0.2, 0) is 15.8 Å². The molecular formula is C18H23F3N2O4. The first-order valence-corrected chi connectivity index (χ1v) is 8.78. The van der Waals surface area contributed by atoms with E-state index in [9.17, 15) is 27.9 Å². The van der Waals surface area contributed by atoms with Crippen LogP contribution in [0, 0.1) is 5.92 Å². The number of carbonyl (C=O) groups excluding carboxylic acids is 2. The van der Waals surface area contributed by atoms with Crippen LogP contribution < -0.4 is 15.4 Å². The summed E-state index contributed by atoms with van der Waals surface area (Å²) in [5.41, 5.74) is -0.781. The summed E-state index contributed by atoms with van der Waals surface area (Å²) in [4.78, 5) is 23.1. The molecule has 9 heteroatoms. The number of amides is 2. The minimum absolute atomic E-state index is 0.0336. The molecule has 0 aromatic heterocycles. The quantitative estimate of drug-likeness (QED) is 0.534. The third-order valence-corrected chi connectivity index (χ3v) is 3.99. The Labute approximate surface area is 155 Å². The molecule has 27 heavy (non-hydrogen) atoms. The number of rotatable bonds is 10. The number of carbonyl (C=O) groups is 2. The number of nitrogens with one attached hydrogen (secondary N) is 2. The van der Waals surface area contributed by atoms with Crippen LogP contribution in [0.3, 0.4) is 0 Å². The molecule has 2 rings (SSSR count). The topological polar surface area (TPSA) is 87.7 Å². The lowest BCUT2D eigenvalue weighted by Crippen LogP contribution is -2.35. The summed E-state index contributed by atoms with van der Waals surface area (Å²) in [5.74, 6) is 0.105. The molecule has 0 bridgehead atoms. The lowest BCUT2D eigenvalue weighted by atomic mass is 10.2. The van der Waals surface area contributed by atoms with Crippen molar-refractivity contribution in [1.82, 2.24) is 10.6 Å². The number of benzene rings is 1. The van der Waals surface area contributed by atoms with Crippen LogP contribution in [0.1, 0.15) is 31.2 Å². The standard InChI is InChI=1S/C18H23F3N2O4/c19-18(20,21)13-5-7-15(8-6-13)27-11-14(24)10-23-16(25)2-1-9-22-17(26)12-3-4-12/h5-8,12,14,24H,1-4,9-11H2,(H,22,26)(H,23,25). The van der Waals surface area contributed by atoms with Crippen molar-refractivity contribution < 1.29 is 32.6 Å². The fourth-order valence-corrected chi connectivity index (χ4v) is 2.26. The molecule has 1 aromatic carbocycles. The third-order valence-electron chi connectivity index (χ3n) is 3.99. The first-order valence-electron chi connectivity index (χ1n) is 8.78. The summed E-state index contributed by atoms with van der Waals surface area (Å²) in [6.07, 6.45) is -2.83. The van der Waals surface area contributed by atoms with Crippen LogP contribution in [-0.4, -0.2) is 42.7 Å². The Morgan fingerprint density at radius 3 is 2.44 bits per heavy atom. The maximum Gasteiger partial charge on any atom is 0.416 e. The zero-order valence-corrected chi connectivity index (χ0v) is 14.7. The van der Waals surface area contributed by atoms with Gasteiger partial charge in [0.25, 0.3) is 0 Å². The molecule has 1 saturated carbocycles. The summed E-state index contributed by atoms with van der Waals surface area (Å²) < 4.78 is 42.6. The Bertz CT molecular complexity index is 630. The number of halogens is 3. The molecule has 3 N–H and O–H groups in total. The summed E-state index contributed by atoms with van der Waals surface area (Å²) in [7, 11) is 0. The van der Waals surface area contributed by atoms with Gasteiger partial charge in [0.15, 0.2) is 0 Å². The van der Waals surface area contributed by atoms with Gasteiger partial charge in [0.2, 0.25) is 11.8 Å². The van der Waals surface area contributed by atoms with Gasteiger partial charge in [-0.3, -0.25) is 9.59 Å². The molecule has 0 heterocycles. The van der Waals surface area contributed by atoms with Gasteiger partial charge in [-0.25, -0.2) is 0 Å². The van der Waals surface area contributed by atoms with Crippen molar-refractivity contribution >= 4 is 11.8 Å². The molecule has 1 fully saturated rings. The fraction of sp³-hybridized carbons (Fsp3) is 0.556. The zero-order chi connectivity index (χ0) is 19.9. The predicted molar refractivity (Wildman–Crippen MR) is 90.9 cm³/mol. The number of hydrogen-bond donors (Lipinski definition) is 3. The van der Waals surface area contributed by atoms with E-state index in [-0.39, 0.29) is 43.1 Å². The van der Waals surface area contributed by atoms with E-state index in [1.54, 1.807) is 0 Å². The van der Waals surface area contributed by atoms with Gasteiger partial charge in [-0.1, -0.05) is 0 Å². The summed E-state index contributed by atoms with van der Waals surface area (Å²) in [6, 6.07) is 4.13. The molecule has 1 aliphatic carbocycles. The van der Waals surface area contributed by atoms with Gasteiger partial charge < -0.3 is 20.5 Å². The van der Waals surface area contributed by atoms with E-state index in [4.69, 9.17) is 4.74 Å². The van der Waals surface area contributed by atoms with Crippen molar-refractivity contribution in [1.29, 1.82) is 0 Å². The minimum atomic E-state index is -4.41. The number of aliphatic hydroxyl groups excluding tert-OH is 1. The largest absolute Gasteiger partial charge is 0.491 e. The molecule has 1 aromatic rings. The van der Waals surface area contributed by atoms with Crippen LogP contribution >= 0.6 is 0 Å². The average Bonchev–Trinajstić information content (AvgIpc) is 3.46. The molecule has 1 aliphatic rings. The smallest absolute Gasteiger partial charge is 0.416 e. The number of ether oxygens (including phenoxy) is 1. The van der Waals surface area contributed by atoms with E-state index >= 15 is 0 Å². The van der Waals surface area contributed by atoms with Crippen LogP contribution in [0.2, 0.25) is 0 Å². The van der Waals surface area contributed by atoms with Gasteiger partial charge in [0.1, 0.15) is 18.5 Å². The van der Waals surface area contributed by atoms with E-state index < -0.39 is 17.8 Å². The van der Waals surface area contributed by atoms with E-state index in [1.165, 1.54) is 12.1 Å². The second kappa shape index (κ2) is 9.59. The van der Waals surface area contributed by atoms with Gasteiger partial charge in [-0.2, -0.15) is 13.2 Å². The van der Waals surface area contributed by atoms with Crippen molar-refractivity contribution in [2.45, 2.75) is 38.0 Å². The first kappa shape index (κ1) is 21.0. The highest BCUT2D eigenvalue weighted by Crippen LogP contribution is 2.30.